The Morgan fingerprint density at radius 1 is 0.857 bits per heavy atom. The van der Waals surface area contributed by atoms with Gasteiger partial charge in [-0.15, -0.1) is 0 Å². The van der Waals surface area contributed by atoms with Crippen LogP contribution >= 0.6 is 0 Å². The predicted octanol–water partition coefficient (Wildman–Crippen LogP) is 5.52. The van der Waals surface area contributed by atoms with E-state index in [1.165, 1.54) is 0 Å². The van der Waals surface area contributed by atoms with Gasteiger partial charge in [-0.05, 0) is 29.3 Å². The maximum atomic E-state index is 13.9. The number of para-hydroxylation sites is 1. The molecule has 35 heavy (non-hydrogen) atoms. The number of rotatable bonds is 6. The summed E-state index contributed by atoms with van der Waals surface area (Å²) in [6, 6.07) is 35.4. The maximum Gasteiger partial charge on any atom is 0.274 e. The van der Waals surface area contributed by atoms with Crippen molar-refractivity contribution >= 4 is 23.5 Å². The first-order valence-electron chi connectivity index (χ1n) is 11.5. The van der Waals surface area contributed by atoms with Gasteiger partial charge >= 0.3 is 0 Å². The molecule has 4 aromatic rings. The van der Waals surface area contributed by atoms with Crippen LogP contribution in [0, 0.1) is 0 Å². The molecule has 1 heterocycles. The molecule has 0 radical (unpaired) electrons. The van der Waals surface area contributed by atoms with E-state index in [1.54, 1.807) is 18.2 Å². The smallest absolute Gasteiger partial charge is 0.274 e. The zero-order chi connectivity index (χ0) is 24.0. The summed E-state index contributed by atoms with van der Waals surface area (Å²) in [4.78, 5) is 25.3. The molecule has 4 aromatic carbocycles. The average Bonchev–Trinajstić information content (AvgIpc) is 3.04. The Morgan fingerprint density at radius 3 is 2.23 bits per heavy atom. The van der Waals surface area contributed by atoms with Crippen LogP contribution in [0.2, 0.25) is 0 Å². The fourth-order valence-electron chi connectivity index (χ4n) is 4.11. The third kappa shape index (κ3) is 4.89. The first-order valence-corrected chi connectivity index (χ1v) is 11.5. The molecule has 0 N–H and O–H groups in total. The Balaban J connectivity index is 1.61. The highest BCUT2D eigenvalue weighted by Gasteiger charge is 2.31. The van der Waals surface area contributed by atoms with Gasteiger partial charge in [0.15, 0.2) is 0 Å². The van der Waals surface area contributed by atoms with Gasteiger partial charge in [-0.3, -0.25) is 9.79 Å². The van der Waals surface area contributed by atoms with Crippen molar-refractivity contribution in [2.45, 2.75) is 12.7 Å². The summed E-state index contributed by atoms with van der Waals surface area (Å²) >= 11 is 0. The molecule has 0 aliphatic carbocycles. The lowest BCUT2D eigenvalue weighted by Crippen LogP contribution is -2.36. The minimum Gasteiger partial charge on any atom is -0.497 e. The van der Waals surface area contributed by atoms with Crippen molar-refractivity contribution in [1.29, 1.82) is 0 Å². The van der Waals surface area contributed by atoms with Crippen LogP contribution in [0.4, 0.5) is 5.69 Å². The lowest BCUT2D eigenvalue weighted by atomic mass is 10.00. The van der Waals surface area contributed by atoms with Crippen molar-refractivity contribution in [2.24, 2.45) is 9.98 Å². The number of fused-ring (bicyclic) bond motifs is 1. The zero-order valence-electron chi connectivity index (χ0n) is 19.4. The predicted molar refractivity (Wildman–Crippen MR) is 141 cm³/mol. The summed E-state index contributed by atoms with van der Waals surface area (Å²) in [7, 11) is 1.64. The van der Waals surface area contributed by atoms with Crippen LogP contribution in [0.25, 0.3) is 0 Å². The highest BCUT2D eigenvalue weighted by Crippen LogP contribution is 2.30. The normalized spacial score (nSPS) is 15.5. The van der Waals surface area contributed by atoms with Gasteiger partial charge in [0, 0.05) is 17.3 Å². The van der Waals surface area contributed by atoms with Crippen LogP contribution in [0.5, 0.6) is 5.75 Å². The van der Waals surface area contributed by atoms with Crippen LogP contribution < -0.4 is 9.64 Å². The first-order chi connectivity index (χ1) is 17.2. The monoisotopic (exact) mass is 459 g/mol. The van der Waals surface area contributed by atoms with Gasteiger partial charge in [0.05, 0.1) is 25.1 Å². The number of hydrogen-bond acceptors (Lipinski definition) is 4. The zero-order valence-corrected chi connectivity index (χ0v) is 19.4. The molecule has 1 aliphatic rings. The van der Waals surface area contributed by atoms with Gasteiger partial charge in [0.25, 0.3) is 5.91 Å². The van der Waals surface area contributed by atoms with Crippen LogP contribution in [-0.4, -0.2) is 31.1 Å². The van der Waals surface area contributed by atoms with E-state index in [1.807, 2.05) is 109 Å². The number of benzodiazepines with no additional fused rings is 1. The van der Waals surface area contributed by atoms with E-state index >= 15 is 0 Å². The quantitative estimate of drug-likeness (QED) is 0.356. The molecule has 0 bridgehead atoms. The minimum atomic E-state index is -0.906. The van der Waals surface area contributed by atoms with E-state index in [4.69, 9.17) is 9.73 Å². The van der Waals surface area contributed by atoms with Gasteiger partial charge < -0.3 is 9.64 Å². The summed E-state index contributed by atoms with van der Waals surface area (Å²) in [5.74, 6) is 0.600. The Bertz CT molecular complexity index is 1360. The SMILES string of the molecule is COc1ccc(CN2C(=O)C(/N=C/c3ccccc3)N=C(c3ccccc3)c3ccccc32)cc1. The van der Waals surface area contributed by atoms with Crippen molar-refractivity contribution in [1.82, 2.24) is 0 Å². The molecular formula is C30H25N3O2. The second-order valence-corrected chi connectivity index (χ2v) is 8.20. The number of methoxy groups -OCH3 is 1. The highest BCUT2D eigenvalue weighted by molar-refractivity contribution is 6.20. The number of ether oxygens (including phenoxy) is 1. The number of hydrogen-bond donors (Lipinski definition) is 0. The van der Waals surface area contributed by atoms with Crippen LogP contribution in [0.1, 0.15) is 22.3 Å². The van der Waals surface area contributed by atoms with E-state index in [9.17, 15) is 4.79 Å². The Morgan fingerprint density at radius 2 is 1.51 bits per heavy atom. The summed E-state index contributed by atoms with van der Waals surface area (Å²) < 4.78 is 5.29. The molecule has 172 valence electrons. The maximum absolute atomic E-state index is 13.9. The molecule has 5 rings (SSSR count). The third-order valence-electron chi connectivity index (χ3n) is 5.90. The first kappa shape index (κ1) is 22.3. The molecule has 0 aromatic heterocycles. The molecule has 1 amide bonds. The van der Waals surface area contributed by atoms with Gasteiger partial charge in [-0.2, -0.15) is 0 Å². The van der Waals surface area contributed by atoms with Crippen molar-refractivity contribution < 1.29 is 9.53 Å². The van der Waals surface area contributed by atoms with Gasteiger partial charge in [0.2, 0.25) is 6.17 Å². The molecule has 0 spiro atoms. The molecule has 0 fully saturated rings. The second kappa shape index (κ2) is 10.2. The number of aliphatic imine (C=N–C) groups is 2. The summed E-state index contributed by atoms with van der Waals surface area (Å²) in [6.07, 6.45) is 0.812. The molecule has 1 unspecified atom stereocenters. The summed E-state index contributed by atoms with van der Waals surface area (Å²) in [6.45, 7) is 0.398. The highest BCUT2D eigenvalue weighted by atomic mass is 16.5. The second-order valence-electron chi connectivity index (χ2n) is 8.20. The summed E-state index contributed by atoms with van der Waals surface area (Å²) in [5, 5.41) is 0. The standard InChI is InChI=1S/C30H25N3O2/c1-35-25-18-16-23(17-19-25)21-33-27-15-9-8-14-26(27)28(24-12-6-3-7-13-24)32-29(30(33)34)31-20-22-10-4-2-5-11-22/h2-20,29H,21H2,1H3/b31-20+. The van der Waals surface area contributed by atoms with E-state index in [0.29, 0.717) is 6.54 Å². The molecule has 0 saturated carbocycles. The van der Waals surface area contributed by atoms with Gasteiger partial charge in [-0.25, -0.2) is 4.99 Å². The number of amides is 1. The Hall–Kier alpha value is -4.51. The average molecular weight is 460 g/mol. The van der Waals surface area contributed by atoms with Crippen molar-refractivity contribution in [2.75, 3.05) is 12.0 Å². The molecule has 0 saturated heterocycles. The van der Waals surface area contributed by atoms with E-state index in [2.05, 4.69) is 4.99 Å². The number of nitrogens with zero attached hydrogens (tertiary/aromatic N) is 3. The van der Waals surface area contributed by atoms with Crippen LogP contribution in [0.3, 0.4) is 0 Å². The van der Waals surface area contributed by atoms with Crippen LogP contribution in [0.15, 0.2) is 119 Å². The number of carbonyl (C=O) groups is 1. The van der Waals surface area contributed by atoms with E-state index < -0.39 is 6.17 Å². The van der Waals surface area contributed by atoms with Crippen LogP contribution in [-0.2, 0) is 11.3 Å². The van der Waals surface area contributed by atoms with Gasteiger partial charge in [-0.1, -0.05) is 91.0 Å². The molecule has 1 atom stereocenters. The fourth-order valence-corrected chi connectivity index (χ4v) is 4.11. The van der Waals surface area contributed by atoms with E-state index in [-0.39, 0.29) is 5.91 Å². The van der Waals surface area contributed by atoms with Crippen molar-refractivity contribution in [3.63, 3.8) is 0 Å². The minimum absolute atomic E-state index is 0.175. The Kier molecular flexibility index (Phi) is 6.48. The number of carbonyl (C=O) groups excluding carboxylic acids is 1. The topological polar surface area (TPSA) is 54.3 Å². The largest absolute Gasteiger partial charge is 0.497 e. The lowest BCUT2D eigenvalue weighted by molar-refractivity contribution is -0.119. The number of benzene rings is 4. The molecule has 5 nitrogen and oxygen atoms in total. The molecule has 1 aliphatic heterocycles. The third-order valence-corrected chi connectivity index (χ3v) is 5.90. The summed E-state index contributed by atoms with van der Waals surface area (Å²) in [5.41, 5.74) is 5.32. The molecular weight excluding hydrogens is 434 g/mol. The number of anilines is 1. The van der Waals surface area contributed by atoms with E-state index in [0.717, 1.165) is 39.4 Å². The molecule has 5 heteroatoms. The lowest BCUT2D eigenvalue weighted by Gasteiger charge is -2.24. The van der Waals surface area contributed by atoms with Gasteiger partial charge in [0.1, 0.15) is 5.75 Å². The Labute approximate surface area is 205 Å². The van der Waals surface area contributed by atoms with Crippen molar-refractivity contribution in [3.05, 3.63) is 131 Å². The van der Waals surface area contributed by atoms with Crippen molar-refractivity contribution in [3.8, 4) is 5.75 Å². The fraction of sp³-hybridized carbons (Fsp3) is 0.100.